The fourth-order valence-corrected chi connectivity index (χ4v) is 3.74. The Labute approximate surface area is 200 Å². The SMILES string of the molecule is CCOCCOc1ccc(C(=O)NC(=S)Nc2cccc(C(=O)N3CCC(C)CC3)c2)cc1. The molecule has 8 heteroatoms. The van der Waals surface area contributed by atoms with E-state index < -0.39 is 0 Å². The van der Waals surface area contributed by atoms with Crippen LogP contribution in [0.4, 0.5) is 5.69 Å². The van der Waals surface area contributed by atoms with Gasteiger partial charge in [0.15, 0.2) is 5.11 Å². The second kappa shape index (κ2) is 12.3. The largest absolute Gasteiger partial charge is 0.491 e. The number of benzene rings is 2. The minimum atomic E-state index is -0.331. The lowest BCUT2D eigenvalue weighted by molar-refractivity contribution is 0.0697. The Bertz CT molecular complexity index is 956. The van der Waals surface area contributed by atoms with Crippen LogP contribution in [0.2, 0.25) is 0 Å². The van der Waals surface area contributed by atoms with Crippen LogP contribution >= 0.6 is 12.2 Å². The molecule has 1 heterocycles. The number of rotatable bonds is 8. The molecule has 0 spiro atoms. The number of thiocarbonyl (C=S) groups is 1. The van der Waals surface area contributed by atoms with Gasteiger partial charge in [-0.3, -0.25) is 14.9 Å². The number of carbonyl (C=O) groups is 2. The van der Waals surface area contributed by atoms with E-state index >= 15 is 0 Å². The Balaban J connectivity index is 1.51. The molecule has 1 fully saturated rings. The topological polar surface area (TPSA) is 79.9 Å². The maximum Gasteiger partial charge on any atom is 0.257 e. The summed E-state index contributed by atoms with van der Waals surface area (Å²) >= 11 is 5.29. The molecule has 0 atom stereocenters. The van der Waals surface area contributed by atoms with Gasteiger partial charge in [0, 0.05) is 36.5 Å². The maximum absolute atomic E-state index is 12.8. The lowest BCUT2D eigenvalue weighted by Crippen LogP contribution is -2.38. The minimum absolute atomic E-state index is 0.0177. The second-order valence-electron chi connectivity index (χ2n) is 8.03. The average Bonchev–Trinajstić information content (AvgIpc) is 2.82. The van der Waals surface area contributed by atoms with Gasteiger partial charge in [-0.15, -0.1) is 0 Å². The Morgan fingerprint density at radius 2 is 1.79 bits per heavy atom. The fraction of sp³-hybridized carbons (Fsp3) is 0.400. The van der Waals surface area contributed by atoms with Crippen molar-refractivity contribution in [1.29, 1.82) is 0 Å². The Morgan fingerprint density at radius 1 is 1.06 bits per heavy atom. The van der Waals surface area contributed by atoms with Gasteiger partial charge in [0.1, 0.15) is 12.4 Å². The number of nitrogens with zero attached hydrogens (tertiary/aromatic N) is 1. The summed E-state index contributed by atoms with van der Waals surface area (Å²) in [5.41, 5.74) is 1.71. The first-order valence-electron chi connectivity index (χ1n) is 11.3. The number of carbonyl (C=O) groups excluding carboxylic acids is 2. The molecular formula is C25H31N3O4S. The summed E-state index contributed by atoms with van der Waals surface area (Å²) in [7, 11) is 0. The number of likely N-dealkylation sites (tertiary alicyclic amines) is 1. The summed E-state index contributed by atoms with van der Waals surface area (Å²) in [5.74, 6) is 1.01. The van der Waals surface area contributed by atoms with E-state index in [1.54, 1.807) is 42.5 Å². The highest BCUT2D eigenvalue weighted by atomic mass is 32.1. The summed E-state index contributed by atoms with van der Waals surface area (Å²) in [5, 5.41) is 5.82. The molecule has 2 amide bonds. The molecule has 0 unspecified atom stereocenters. The van der Waals surface area contributed by atoms with Crippen LogP contribution in [0, 0.1) is 5.92 Å². The van der Waals surface area contributed by atoms with E-state index in [0.717, 1.165) is 25.9 Å². The molecule has 2 N–H and O–H groups in total. The highest BCUT2D eigenvalue weighted by Crippen LogP contribution is 2.20. The number of amides is 2. The van der Waals surface area contributed by atoms with Crippen LogP contribution in [-0.4, -0.2) is 54.7 Å². The van der Waals surface area contributed by atoms with Gasteiger partial charge in [-0.1, -0.05) is 13.0 Å². The average molecular weight is 470 g/mol. The minimum Gasteiger partial charge on any atom is -0.491 e. The van der Waals surface area contributed by atoms with E-state index in [4.69, 9.17) is 21.7 Å². The van der Waals surface area contributed by atoms with E-state index in [2.05, 4.69) is 17.6 Å². The van der Waals surface area contributed by atoms with Crippen LogP contribution < -0.4 is 15.4 Å². The van der Waals surface area contributed by atoms with Crippen LogP contribution in [0.3, 0.4) is 0 Å². The molecule has 1 aliphatic rings. The molecule has 0 aromatic heterocycles. The number of hydrogen-bond acceptors (Lipinski definition) is 5. The first-order valence-corrected chi connectivity index (χ1v) is 11.7. The van der Waals surface area contributed by atoms with Crippen molar-refractivity contribution in [2.24, 2.45) is 5.92 Å². The Kier molecular flexibility index (Phi) is 9.21. The van der Waals surface area contributed by atoms with Crippen molar-refractivity contribution < 1.29 is 19.1 Å². The molecule has 2 aromatic rings. The number of nitrogens with one attached hydrogen (secondary N) is 2. The van der Waals surface area contributed by atoms with E-state index in [1.807, 2.05) is 17.9 Å². The fourth-order valence-electron chi connectivity index (χ4n) is 3.53. The van der Waals surface area contributed by atoms with Crippen LogP contribution in [0.15, 0.2) is 48.5 Å². The zero-order valence-electron chi connectivity index (χ0n) is 19.1. The lowest BCUT2D eigenvalue weighted by Gasteiger charge is -2.30. The number of hydrogen-bond donors (Lipinski definition) is 2. The third-order valence-corrected chi connectivity index (χ3v) is 5.69. The molecule has 0 aliphatic carbocycles. The monoisotopic (exact) mass is 469 g/mol. The first kappa shape index (κ1) is 24.7. The number of anilines is 1. The summed E-state index contributed by atoms with van der Waals surface area (Å²) in [6.45, 7) is 7.32. The molecule has 2 aromatic carbocycles. The highest BCUT2D eigenvalue weighted by Gasteiger charge is 2.21. The van der Waals surface area contributed by atoms with Gasteiger partial charge in [0.2, 0.25) is 0 Å². The normalized spacial score (nSPS) is 13.9. The Morgan fingerprint density at radius 3 is 2.48 bits per heavy atom. The van der Waals surface area contributed by atoms with Crippen molar-refractivity contribution in [2.75, 3.05) is 38.2 Å². The molecule has 0 saturated carbocycles. The van der Waals surface area contributed by atoms with Gasteiger partial charge in [0.25, 0.3) is 11.8 Å². The van der Waals surface area contributed by atoms with E-state index in [0.29, 0.717) is 48.3 Å². The molecule has 7 nitrogen and oxygen atoms in total. The predicted octanol–water partition coefficient (Wildman–Crippen LogP) is 4.10. The number of piperidine rings is 1. The molecule has 1 aliphatic heterocycles. The van der Waals surface area contributed by atoms with Crippen LogP contribution in [0.25, 0.3) is 0 Å². The zero-order valence-corrected chi connectivity index (χ0v) is 20.0. The summed E-state index contributed by atoms with van der Waals surface area (Å²) < 4.78 is 10.8. The standard InChI is InChI=1S/C25H31N3O4S/c1-3-31-15-16-32-22-9-7-19(8-10-22)23(29)27-25(33)26-21-6-4-5-20(17-21)24(30)28-13-11-18(2)12-14-28/h4-10,17-18H,3,11-16H2,1-2H3,(H2,26,27,29,33). The number of ether oxygens (including phenoxy) is 2. The molecular weight excluding hydrogens is 438 g/mol. The third-order valence-electron chi connectivity index (χ3n) is 5.48. The summed E-state index contributed by atoms with van der Waals surface area (Å²) in [6, 6.07) is 14.0. The van der Waals surface area contributed by atoms with Crippen LogP contribution in [0.5, 0.6) is 5.75 Å². The van der Waals surface area contributed by atoms with E-state index in [1.165, 1.54) is 0 Å². The molecule has 3 rings (SSSR count). The molecule has 33 heavy (non-hydrogen) atoms. The van der Waals surface area contributed by atoms with Crippen LogP contribution in [-0.2, 0) is 4.74 Å². The predicted molar refractivity (Wildman–Crippen MR) is 133 cm³/mol. The van der Waals surface area contributed by atoms with Crippen molar-refractivity contribution >= 4 is 34.8 Å². The van der Waals surface area contributed by atoms with Crippen molar-refractivity contribution in [3.8, 4) is 5.75 Å². The van der Waals surface area contributed by atoms with Crippen molar-refractivity contribution in [3.05, 3.63) is 59.7 Å². The quantitative estimate of drug-likeness (QED) is 0.448. The highest BCUT2D eigenvalue weighted by molar-refractivity contribution is 7.80. The van der Waals surface area contributed by atoms with E-state index in [-0.39, 0.29) is 16.9 Å². The molecule has 0 bridgehead atoms. The van der Waals surface area contributed by atoms with Gasteiger partial charge in [-0.25, -0.2) is 0 Å². The molecule has 1 saturated heterocycles. The van der Waals surface area contributed by atoms with Crippen molar-refractivity contribution in [1.82, 2.24) is 10.2 Å². The summed E-state index contributed by atoms with van der Waals surface area (Å²) in [6.07, 6.45) is 2.06. The van der Waals surface area contributed by atoms with Gasteiger partial charge in [-0.2, -0.15) is 0 Å². The van der Waals surface area contributed by atoms with Gasteiger partial charge in [0.05, 0.1) is 6.61 Å². The molecule has 176 valence electrons. The maximum atomic E-state index is 12.8. The van der Waals surface area contributed by atoms with Gasteiger partial charge >= 0.3 is 0 Å². The summed E-state index contributed by atoms with van der Waals surface area (Å²) in [4.78, 5) is 27.2. The third kappa shape index (κ3) is 7.54. The van der Waals surface area contributed by atoms with E-state index in [9.17, 15) is 9.59 Å². The molecule has 0 radical (unpaired) electrons. The van der Waals surface area contributed by atoms with Crippen LogP contribution in [0.1, 0.15) is 47.4 Å². The second-order valence-corrected chi connectivity index (χ2v) is 8.44. The van der Waals surface area contributed by atoms with Crippen molar-refractivity contribution in [2.45, 2.75) is 26.7 Å². The van der Waals surface area contributed by atoms with Gasteiger partial charge in [-0.05, 0) is 80.4 Å². The zero-order chi connectivity index (χ0) is 23.6. The van der Waals surface area contributed by atoms with Gasteiger partial charge < -0.3 is 19.7 Å². The smallest absolute Gasteiger partial charge is 0.257 e. The van der Waals surface area contributed by atoms with Crippen molar-refractivity contribution in [3.63, 3.8) is 0 Å². The lowest BCUT2D eigenvalue weighted by atomic mass is 9.98. The first-order chi connectivity index (χ1) is 16.0. The Hall–Kier alpha value is -2.97.